The first-order chi connectivity index (χ1) is 18.6. The van der Waals surface area contributed by atoms with E-state index in [2.05, 4.69) is 10.1 Å². The molecule has 10 heteroatoms. The molecule has 0 fully saturated rings. The summed E-state index contributed by atoms with van der Waals surface area (Å²) in [7, 11) is 3.34. The first-order valence-corrected chi connectivity index (χ1v) is 12.5. The van der Waals surface area contributed by atoms with Crippen molar-refractivity contribution >= 4 is 11.6 Å². The van der Waals surface area contributed by atoms with Crippen molar-refractivity contribution in [3.63, 3.8) is 0 Å². The molecule has 1 atom stereocenters. The Kier molecular flexibility index (Phi) is 8.66. The number of benzene rings is 2. The van der Waals surface area contributed by atoms with Crippen LogP contribution >= 0.6 is 0 Å². The lowest BCUT2D eigenvalue weighted by atomic mass is 9.78. The maximum Gasteiger partial charge on any atom is 0.416 e. The summed E-state index contributed by atoms with van der Waals surface area (Å²) in [4.78, 5) is 20.1. The van der Waals surface area contributed by atoms with E-state index in [0.717, 1.165) is 17.7 Å². The summed E-state index contributed by atoms with van der Waals surface area (Å²) in [6.07, 6.45) is -0.860. The lowest BCUT2D eigenvalue weighted by Crippen LogP contribution is -2.47. The zero-order valence-electron chi connectivity index (χ0n) is 22.1. The molecular formula is C29H31F3N4O3. The van der Waals surface area contributed by atoms with Crippen LogP contribution in [0.1, 0.15) is 23.7 Å². The average Bonchev–Trinajstić information content (AvgIpc) is 3.37. The van der Waals surface area contributed by atoms with Gasteiger partial charge in [-0.25, -0.2) is 9.50 Å². The molecule has 0 aliphatic rings. The minimum absolute atomic E-state index is 0.124. The zero-order chi connectivity index (χ0) is 28.0. The highest BCUT2D eigenvalue weighted by atomic mass is 19.4. The highest BCUT2D eigenvalue weighted by molar-refractivity contribution is 5.88. The molecule has 0 radical (unpaired) electrons. The van der Waals surface area contributed by atoms with Crippen LogP contribution in [0.4, 0.5) is 13.2 Å². The Bertz CT molecular complexity index is 1390. The van der Waals surface area contributed by atoms with Crippen molar-refractivity contribution in [2.24, 2.45) is 0 Å². The summed E-state index contributed by atoms with van der Waals surface area (Å²) in [6.45, 7) is 3.53. The van der Waals surface area contributed by atoms with E-state index in [-0.39, 0.29) is 5.91 Å². The van der Waals surface area contributed by atoms with E-state index in [1.54, 1.807) is 42.0 Å². The molecule has 2 aromatic heterocycles. The molecule has 0 spiro atoms. The van der Waals surface area contributed by atoms with Crippen LogP contribution in [0.15, 0.2) is 73.1 Å². The number of halogens is 3. The molecule has 0 saturated carbocycles. The lowest BCUT2D eigenvalue weighted by molar-refractivity contribution is -0.138. The molecule has 206 valence electrons. The van der Waals surface area contributed by atoms with Gasteiger partial charge in [0.2, 0.25) is 5.91 Å². The molecule has 39 heavy (non-hydrogen) atoms. The first-order valence-electron chi connectivity index (χ1n) is 12.5. The first kappa shape index (κ1) is 28.3. The van der Waals surface area contributed by atoms with Gasteiger partial charge in [-0.05, 0) is 42.7 Å². The minimum Gasteiger partial charge on any atom is -0.382 e. The van der Waals surface area contributed by atoms with Crippen LogP contribution in [0.2, 0.25) is 0 Å². The summed E-state index contributed by atoms with van der Waals surface area (Å²) in [6, 6.07) is 16.3. The fourth-order valence-corrected chi connectivity index (χ4v) is 4.60. The number of likely N-dealkylation sites (N-methyl/N-ethyl adjacent to an activating group) is 1. The van der Waals surface area contributed by atoms with E-state index in [1.165, 1.54) is 12.1 Å². The molecular weight excluding hydrogens is 509 g/mol. The molecule has 7 nitrogen and oxygen atoms in total. The van der Waals surface area contributed by atoms with Gasteiger partial charge in [0.25, 0.3) is 0 Å². The molecule has 0 bridgehead atoms. The molecule has 0 N–H and O–H groups in total. The van der Waals surface area contributed by atoms with E-state index in [1.807, 2.05) is 37.3 Å². The number of hydrogen-bond donors (Lipinski definition) is 0. The zero-order valence-corrected chi connectivity index (χ0v) is 22.1. The second-order valence-corrected chi connectivity index (χ2v) is 9.53. The lowest BCUT2D eigenvalue weighted by Gasteiger charge is -2.33. The predicted octanol–water partition coefficient (Wildman–Crippen LogP) is 5.04. The third kappa shape index (κ3) is 6.29. The molecule has 2 aromatic carbocycles. The fourth-order valence-electron chi connectivity index (χ4n) is 4.60. The van der Waals surface area contributed by atoms with E-state index in [0.29, 0.717) is 55.3 Å². The molecule has 1 amide bonds. The van der Waals surface area contributed by atoms with E-state index in [9.17, 15) is 18.0 Å². The molecule has 1 unspecified atom stereocenters. The Morgan fingerprint density at radius 2 is 1.72 bits per heavy atom. The summed E-state index contributed by atoms with van der Waals surface area (Å²) >= 11 is 0. The van der Waals surface area contributed by atoms with Crippen molar-refractivity contribution in [3.05, 3.63) is 89.9 Å². The van der Waals surface area contributed by atoms with Crippen LogP contribution in [0.25, 0.3) is 16.8 Å². The van der Waals surface area contributed by atoms with E-state index < -0.39 is 17.2 Å². The summed E-state index contributed by atoms with van der Waals surface area (Å²) < 4.78 is 51.4. The normalized spacial score (nSPS) is 13.4. The molecule has 0 saturated heterocycles. The number of amides is 1. The number of ether oxygens (including phenoxy) is 2. The van der Waals surface area contributed by atoms with Crippen LogP contribution in [-0.2, 0) is 32.3 Å². The molecule has 0 aliphatic carbocycles. The number of carbonyl (C=O) groups excluding carboxylic acids is 1. The summed E-state index contributed by atoms with van der Waals surface area (Å²) in [5.41, 5.74) is 1.39. The maximum atomic E-state index is 14.0. The van der Waals surface area contributed by atoms with E-state index in [4.69, 9.17) is 9.47 Å². The standard InChI is InChI=1S/C29H31F3N4O3/c1-28(19-21-7-5-4-6-8-21,27(37)35(2)15-16-39-18-17-38-3)25-13-14-33-26-24(20-34-36(25)26)22-9-11-23(12-10-22)29(30,31)32/h4-14,20H,15-19H2,1-3H3. The van der Waals surface area contributed by atoms with Crippen molar-refractivity contribution in [2.75, 3.05) is 40.5 Å². The van der Waals surface area contributed by atoms with Gasteiger partial charge in [0.05, 0.1) is 42.7 Å². The number of nitrogens with zero attached hydrogens (tertiary/aromatic N) is 4. The molecule has 4 aromatic rings. The van der Waals surface area contributed by atoms with E-state index >= 15 is 0 Å². The van der Waals surface area contributed by atoms with Gasteiger partial charge in [0.1, 0.15) is 0 Å². The van der Waals surface area contributed by atoms with Crippen molar-refractivity contribution < 1.29 is 27.4 Å². The SMILES string of the molecule is COCCOCCN(C)C(=O)C(C)(Cc1ccccc1)c1ccnc2c(-c3ccc(C(F)(F)F)cc3)cnn12. The van der Waals surface area contributed by atoms with Crippen LogP contribution in [0.5, 0.6) is 0 Å². The van der Waals surface area contributed by atoms with Gasteiger partial charge in [-0.3, -0.25) is 4.79 Å². The number of hydrogen-bond acceptors (Lipinski definition) is 5. The van der Waals surface area contributed by atoms with Gasteiger partial charge in [-0.15, -0.1) is 0 Å². The van der Waals surface area contributed by atoms with Gasteiger partial charge in [-0.1, -0.05) is 42.5 Å². The van der Waals surface area contributed by atoms with Crippen LogP contribution in [-0.4, -0.2) is 65.9 Å². The minimum atomic E-state index is -4.43. The molecule has 2 heterocycles. The Balaban J connectivity index is 1.71. The van der Waals surface area contributed by atoms with Gasteiger partial charge in [0.15, 0.2) is 5.65 Å². The number of methoxy groups -OCH3 is 1. The van der Waals surface area contributed by atoms with Crippen molar-refractivity contribution in [1.82, 2.24) is 19.5 Å². The van der Waals surface area contributed by atoms with Gasteiger partial charge in [0, 0.05) is 32.5 Å². The van der Waals surface area contributed by atoms with Crippen LogP contribution < -0.4 is 0 Å². The number of fused-ring (bicyclic) bond motifs is 1. The fraction of sp³-hybridized carbons (Fsp3) is 0.345. The third-order valence-electron chi connectivity index (χ3n) is 6.71. The molecule has 0 aliphatic heterocycles. The second kappa shape index (κ2) is 12.0. The average molecular weight is 541 g/mol. The number of alkyl halides is 3. The Hall–Kier alpha value is -3.76. The van der Waals surface area contributed by atoms with Crippen LogP contribution in [0.3, 0.4) is 0 Å². The van der Waals surface area contributed by atoms with Crippen molar-refractivity contribution in [2.45, 2.75) is 24.9 Å². The monoisotopic (exact) mass is 540 g/mol. The highest BCUT2D eigenvalue weighted by Crippen LogP contribution is 2.34. The maximum absolute atomic E-state index is 14.0. The number of rotatable bonds is 11. The smallest absolute Gasteiger partial charge is 0.382 e. The quantitative estimate of drug-likeness (QED) is 0.250. The van der Waals surface area contributed by atoms with Crippen LogP contribution in [0, 0.1) is 0 Å². The van der Waals surface area contributed by atoms with Crippen molar-refractivity contribution in [1.29, 1.82) is 0 Å². The van der Waals surface area contributed by atoms with Gasteiger partial charge in [-0.2, -0.15) is 18.3 Å². The summed E-state index contributed by atoms with van der Waals surface area (Å²) in [5.74, 6) is -0.124. The van der Waals surface area contributed by atoms with Gasteiger partial charge < -0.3 is 14.4 Å². The summed E-state index contributed by atoms with van der Waals surface area (Å²) in [5, 5.41) is 4.53. The topological polar surface area (TPSA) is 69.0 Å². The van der Waals surface area contributed by atoms with Gasteiger partial charge >= 0.3 is 6.18 Å². The Morgan fingerprint density at radius 3 is 2.38 bits per heavy atom. The number of carbonyl (C=O) groups is 1. The van der Waals surface area contributed by atoms with Crippen molar-refractivity contribution in [3.8, 4) is 11.1 Å². The predicted molar refractivity (Wildman–Crippen MR) is 141 cm³/mol. The largest absolute Gasteiger partial charge is 0.416 e. The third-order valence-corrected chi connectivity index (χ3v) is 6.71. The highest BCUT2D eigenvalue weighted by Gasteiger charge is 2.40. The Labute approximate surface area is 225 Å². The molecule has 4 rings (SSSR count). The second-order valence-electron chi connectivity index (χ2n) is 9.53. The Morgan fingerprint density at radius 1 is 1.00 bits per heavy atom. The number of aromatic nitrogens is 3.